The van der Waals surface area contributed by atoms with Crippen molar-refractivity contribution in [2.75, 3.05) is 0 Å². The Hall–Kier alpha value is -4.03. The topological polar surface area (TPSA) is 38.1 Å². The quantitative estimate of drug-likeness (QED) is 0.165. The minimum atomic E-state index is 0.0894. The van der Waals surface area contributed by atoms with Gasteiger partial charge in [-0.25, -0.2) is 5.26 Å². The lowest BCUT2D eigenvalue weighted by Gasteiger charge is -2.37. The highest BCUT2D eigenvalue weighted by Gasteiger charge is 2.36. The van der Waals surface area contributed by atoms with Crippen molar-refractivity contribution in [3.63, 3.8) is 0 Å². The molecule has 1 aliphatic heterocycles. The van der Waals surface area contributed by atoms with Gasteiger partial charge in [-0.15, -0.1) is 12.1 Å². The Morgan fingerprint density at radius 3 is 2.59 bits per heavy atom. The maximum atomic E-state index is 9.51. The van der Waals surface area contributed by atoms with Gasteiger partial charge in [0.05, 0.1) is 18.4 Å². The van der Waals surface area contributed by atoms with Crippen LogP contribution in [0.15, 0.2) is 82.9 Å². The normalized spacial score (nSPS) is 16.5. The van der Waals surface area contributed by atoms with Crippen LogP contribution in [0.5, 0.6) is 0 Å². The Morgan fingerprint density at radius 2 is 1.86 bits per heavy atom. The van der Waals surface area contributed by atoms with E-state index in [1.54, 1.807) is 0 Å². The van der Waals surface area contributed by atoms with E-state index in [1.807, 2.05) is 28.8 Å². The SMILES string of the molecule is C=[N+]1C=CC(C(C)(C)C2CCCC2)=C[C-]1c1c(C)cc(-c2ccccc2)c2c1[o+][c-]1cc(C#N)ccc21. The Labute approximate surface area is 219 Å². The van der Waals surface area contributed by atoms with Crippen molar-refractivity contribution in [2.45, 2.75) is 46.5 Å². The van der Waals surface area contributed by atoms with Gasteiger partial charge in [0.1, 0.15) is 6.20 Å². The van der Waals surface area contributed by atoms with E-state index in [0.29, 0.717) is 11.5 Å². The lowest BCUT2D eigenvalue weighted by molar-refractivity contribution is -0.418. The van der Waals surface area contributed by atoms with Crippen molar-refractivity contribution in [3.8, 4) is 17.2 Å². The van der Waals surface area contributed by atoms with Gasteiger partial charge in [0, 0.05) is 5.39 Å². The summed E-state index contributed by atoms with van der Waals surface area (Å²) in [5, 5.41) is 11.6. The van der Waals surface area contributed by atoms with Crippen LogP contribution in [0, 0.1) is 35.6 Å². The first-order valence-corrected chi connectivity index (χ1v) is 13.2. The number of fused-ring (bicyclic) bond motifs is 3. The molecular formula is C34H32N2O. The number of hydrogen-bond acceptors (Lipinski definition) is 1. The van der Waals surface area contributed by atoms with Crippen molar-refractivity contribution < 1.29 is 8.99 Å². The Morgan fingerprint density at radius 1 is 1.11 bits per heavy atom. The molecule has 2 aliphatic rings. The van der Waals surface area contributed by atoms with Crippen LogP contribution in [0.1, 0.15) is 56.2 Å². The summed E-state index contributed by atoms with van der Waals surface area (Å²) in [7, 11) is 0. The highest BCUT2D eigenvalue weighted by Crippen LogP contribution is 2.48. The zero-order valence-corrected chi connectivity index (χ0v) is 21.8. The maximum Gasteiger partial charge on any atom is 0.280 e. The van der Waals surface area contributed by atoms with E-state index >= 15 is 0 Å². The zero-order valence-electron chi connectivity index (χ0n) is 21.8. The Bertz CT molecular complexity index is 1640. The number of furan rings is 1. The highest BCUT2D eigenvalue weighted by molar-refractivity contribution is 6.14. The van der Waals surface area contributed by atoms with Gasteiger partial charge >= 0.3 is 0 Å². The predicted octanol–water partition coefficient (Wildman–Crippen LogP) is 8.70. The maximum absolute atomic E-state index is 9.51. The number of allylic oxidation sites excluding steroid dienone is 2. The number of nitriles is 1. The molecular weight excluding hydrogens is 452 g/mol. The minimum Gasteiger partial charge on any atom is -0.286 e. The molecule has 0 saturated heterocycles. The molecule has 0 spiro atoms. The molecule has 184 valence electrons. The van der Waals surface area contributed by atoms with Crippen LogP contribution in [0.2, 0.25) is 0 Å². The van der Waals surface area contributed by atoms with Crippen molar-refractivity contribution >= 4 is 28.7 Å². The molecule has 3 aromatic carbocycles. The summed E-state index contributed by atoms with van der Waals surface area (Å²) in [4.78, 5) is 0. The minimum absolute atomic E-state index is 0.0894. The standard InChI is InChI=1S/C34H32N2O/c1-22-18-28(24-10-6-5-7-11-24)32-27-15-14-23(21-35)19-30(27)37-33(32)31(22)29-20-26(16-17-36(29)4)34(2,3)25-12-8-9-13-25/h5-7,10-11,14-20,25H,4,8-9,12-13H2,1-3H3. The summed E-state index contributed by atoms with van der Waals surface area (Å²) in [6.07, 6.45) is 11.9. The third-order valence-electron chi connectivity index (χ3n) is 8.57. The van der Waals surface area contributed by atoms with Gasteiger partial charge in [0.25, 0.3) is 11.2 Å². The lowest BCUT2D eigenvalue weighted by atomic mass is 9.70. The van der Waals surface area contributed by atoms with Gasteiger partial charge in [-0.3, -0.25) is 8.99 Å². The molecule has 0 N–H and O–H groups in total. The fraction of sp³-hybridized carbons (Fsp3) is 0.265. The molecule has 2 heterocycles. The first-order chi connectivity index (χ1) is 17.9. The molecule has 0 bridgehead atoms. The van der Waals surface area contributed by atoms with Crippen molar-refractivity contribution in [2.24, 2.45) is 11.3 Å². The summed E-state index contributed by atoms with van der Waals surface area (Å²) in [5.74, 6) is 0.693. The monoisotopic (exact) mass is 484 g/mol. The van der Waals surface area contributed by atoms with Crippen LogP contribution < -0.4 is 0 Å². The molecule has 0 unspecified atom stereocenters. The van der Waals surface area contributed by atoms with E-state index in [1.165, 1.54) is 31.3 Å². The summed E-state index contributed by atoms with van der Waals surface area (Å²) in [5.41, 5.74) is 8.09. The largest absolute Gasteiger partial charge is 0.286 e. The molecule has 0 radical (unpaired) electrons. The summed E-state index contributed by atoms with van der Waals surface area (Å²) in [6, 6.07) is 21.8. The molecule has 1 fully saturated rings. The molecule has 4 aromatic rings. The average Bonchev–Trinajstić information content (AvgIpc) is 3.58. The molecule has 37 heavy (non-hydrogen) atoms. The predicted molar refractivity (Wildman–Crippen MR) is 151 cm³/mol. The fourth-order valence-corrected chi connectivity index (χ4v) is 6.34. The average molecular weight is 485 g/mol. The molecule has 1 saturated carbocycles. The van der Waals surface area contributed by atoms with Crippen molar-refractivity contribution in [1.29, 1.82) is 5.26 Å². The molecule has 0 amide bonds. The summed E-state index contributed by atoms with van der Waals surface area (Å²) < 4.78 is 8.58. The number of nitrogens with zero attached hydrogens (tertiary/aromatic N) is 2. The van der Waals surface area contributed by atoms with Crippen LogP contribution in [0.3, 0.4) is 0 Å². The molecule has 0 atom stereocenters. The number of aryl methyl sites for hydroxylation is 1. The van der Waals surface area contributed by atoms with Gasteiger partial charge in [-0.05, 0) is 45.6 Å². The lowest BCUT2D eigenvalue weighted by Crippen LogP contribution is -2.27. The van der Waals surface area contributed by atoms with E-state index in [9.17, 15) is 5.26 Å². The van der Waals surface area contributed by atoms with Gasteiger partial charge in [-0.2, -0.15) is 0 Å². The van der Waals surface area contributed by atoms with Crippen LogP contribution in [0.25, 0.3) is 33.1 Å². The Kier molecular flexibility index (Phi) is 5.57. The first-order valence-electron chi connectivity index (χ1n) is 13.2. The van der Waals surface area contributed by atoms with E-state index in [2.05, 4.69) is 82.2 Å². The molecule has 6 rings (SSSR count). The number of hydrogen-bond donors (Lipinski definition) is 0. The fourth-order valence-electron chi connectivity index (χ4n) is 6.34. The second-order valence-electron chi connectivity index (χ2n) is 11.1. The first kappa shape index (κ1) is 23.4. The van der Waals surface area contributed by atoms with Crippen LogP contribution in [-0.2, 0) is 0 Å². The number of rotatable bonds is 4. The van der Waals surface area contributed by atoms with Crippen LogP contribution in [0.4, 0.5) is 0 Å². The third-order valence-corrected chi connectivity index (χ3v) is 8.57. The van der Waals surface area contributed by atoms with E-state index in [0.717, 1.165) is 50.2 Å². The van der Waals surface area contributed by atoms with Crippen LogP contribution >= 0.6 is 0 Å². The smallest absolute Gasteiger partial charge is 0.280 e. The van der Waals surface area contributed by atoms with Crippen molar-refractivity contribution in [1.82, 2.24) is 0 Å². The third kappa shape index (κ3) is 3.80. The second-order valence-corrected chi connectivity index (χ2v) is 11.1. The molecule has 1 aliphatic carbocycles. The summed E-state index contributed by atoms with van der Waals surface area (Å²) >= 11 is 0. The van der Waals surface area contributed by atoms with Crippen molar-refractivity contribution in [3.05, 3.63) is 101 Å². The van der Waals surface area contributed by atoms with Gasteiger partial charge in [-0.1, -0.05) is 100 Å². The van der Waals surface area contributed by atoms with Gasteiger partial charge in [0.2, 0.25) is 0 Å². The molecule has 3 heteroatoms. The summed E-state index contributed by atoms with van der Waals surface area (Å²) in [6.45, 7) is 11.3. The Balaban J connectivity index is 1.60. The molecule has 1 aromatic heterocycles. The zero-order chi connectivity index (χ0) is 25.7. The number of benzene rings is 3. The molecule has 3 nitrogen and oxygen atoms in total. The van der Waals surface area contributed by atoms with Gasteiger partial charge in [0.15, 0.2) is 6.04 Å². The van der Waals surface area contributed by atoms with E-state index in [4.69, 9.17) is 4.42 Å². The van der Waals surface area contributed by atoms with E-state index < -0.39 is 0 Å². The second kappa shape index (κ2) is 8.82. The van der Waals surface area contributed by atoms with Crippen LogP contribution in [-0.4, -0.2) is 11.3 Å². The van der Waals surface area contributed by atoms with Gasteiger partial charge < -0.3 is 0 Å². The highest BCUT2D eigenvalue weighted by atomic mass is 16.3. The van der Waals surface area contributed by atoms with E-state index in [-0.39, 0.29) is 5.41 Å².